The van der Waals surface area contributed by atoms with Crippen LogP contribution in [0.15, 0.2) is 12.7 Å². The molecule has 0 saturated carbocycles. The molecule has 0 spiro atoms. The maximum absolute atomic E-state index is 3.84. The Morgan fingerprint density at radius 3 is 2.38 bits per heavy atom. The summed E-state index contributed by atoms with van der Waals surface area (Å²) in [6.45, 7) is 10.8. The molecule has 2 heteroatoms. The minimum absolute atomic E-state index is 0.567. The third-order valence-corrected chi connectivity index (χ3v) is 4.29. The van der Waals surface area contributed by atoms with Gasteiger partial charge < -0.3 is 0 Å². The van der Waals surface area contributed by atoms with Crippen molar-refractivity contribution < 1.29 is 0 Å². The van der Waals surface area contributed by atoms with Crippen LogP contribution in [-0.4, -0.2) is 38.1 Å². The third-order valence-electron chi connectivity index (χ3n) is 2.97. The van der Waals surface area contributed by atoms with E-state index in [0.717, 1.165) is 0 Å². The van der Waals surface area contributed by atoms with E-state index in [-0.39, 0.29) is 0 Å². The van der Waals surface area contributed by atoms with Gasteiger partial charge in [-0.2, -0.15) is 0 Å². The molecule has 1 saturated heterocycles. The summed E-state index contributed by atoms with van der Waals surface area (Å²) < 4.78 is 1.42. The zero-order chi connectivity index (χ0) is 9.84. The Kier molecular flexibility index (Phi) is 4.21. The van der Waals surface area contributed by atoms with Crippen molar-refractivity contribution in [3.8, 4) is 0 Å². The first-order valence-corrected chi connectivity index (χ1v) is 5.94. The van der Waals surface area contributed by atoms with Crippen LogP contribution < -0.4 is 0 Å². The van der Waals surface area contributed by atoms with Crippen molar-refractivity contribution in [1.29, 1.82) is 0 Å². The standard InChI is InChI=1S/C11H19NSe/c1-4-9(2)10(3)11(13)12-7-5-6-8-12/h4,9-10H,1,5-8H2,2-3H3/t9-,10-/m0/s1. The number of likely N-dealkylation sites (tertiary alicyclic amines) is 1. The maximum atomic E-state index is 3.84. The fourth-order valence-corrected chi connectivity index (χ4v) is 2.49. The van der Waals surface area contributed by atoms with Gasteiger partial charge in [0.2, 0.25) is 0 Å². The summed E-state index contributed by atoms with van der Waals surface area (Å²) in [4.78, 5) is 2.48. The molecule has 1 aliphatic heterocycles. The van der Waals surface area contributed by atoms with Gasteiger partial charge in [0.25, 0.3) is 0 Å². The summed E-state index contributed by atoms with van der Waals surface area (Å²) in [7, 11) is 0. The first-order chi connectivity index (χ1) is 6.16. The number of rotatable bonds is 4. The molecule has 0 N–H and O–H groups in total. The molecule has 0 aromatic carbocycles. The number of nitrogens with zero attached hydrogens (tertiary/aromatic N) is 1. The van der Waals surface area contributed by atoms with Crippen LogP contribution in [0.5, 0.6) is 0 Å². The Morgan fingerprint density at radius 1 is 1.38 bits per heavy atom. The summed E-state index contributed by atoms with van der Waals surface area (Å²) in [5.41, 5.74) is 0. The van der Waals surface area contributed by atoms with Crippen LogP contribution in [0.4, 0.5) is 0 Å². The van der Waals surface area contributed by atoms with Crippen molar-refractivity contribution in [2.75, 3.05) is 13.1 Å². The summed E-state index contributed by atoms with van der Waals surface area (Å²) >= 11 is 3.23. The molecule has 13 heavy (non-hydrogen) atoms. The van der Waals surface area contributed by atoms with Gasteiger partial charge in [-0.05, 0) is 0 Å². The molecule has 1 aliphatic rings. The summed E-state index contributed by atoms with van der Waals surface area (Å²) in [5, 5.41) is 0. The van der Waals surface area contributed by atoms with Crippen molar-refractivity contribution in [3.63, 3.8) is 0 Å². The molecule has 0 unspecified atom stereocenters. The van der Waals surface area contributed by atoms with Gasteiger partial charge in [-0.25, -0.2) is 0 Å². The van der Waals surface area contributed by atoms with E-state index in [0.29, 0.717) is 11.8 Å². The molecule has 0 aromatic rings. The van der Waals surface area contributed by atoms with Gasteiger partial charge in [-0.15, -0.1) is 0 Å². The second kappa shape index (κ2) is 4.97. The molecular weight excluding hydrogens is 225 g/mol. The van der Waals surface area contributed by atoms with E-state index < -0.39 is 0 Å². The Balaban J connectivity index is 2.50. The molecule has 0 radical (unpaired) electrons. The van der Waals surface area contributed by atoms with Gasteiger partial charge in [0.15, 0.2) is 0 Å². The minimum atomic E-state index is 0.567. The second-order valence-corrected chi connectivity index (χ2v) is 4.79. The van der Waals surface area contributed by atoms with Crippen molar-refractivity contribution >= 4 is 20.1 Å². The fraction of sp³-hybridized carbons (Fsp3) is 0.727. The Morgan fingerprint density at radius 2 is 1.92 bits per heavy atom. The van der Waals surface area contributed by atoms with Crippen LogP contribution in [0.1, 0.15) is 26.7 Å². The van der Waals surface area contributed by atoms with Crippen LogP contribution in [0.3, 0.4) is 0 Å². The molecule has 1 rings (SSSR count). The zero-order valence-electron chi connectivity index (χ0n) is 8.62. The van der Waals surface area contributed by atoms with E-state index in [1.54, 1.807) is 0 Å². The van der Waals surface area contributed by atoms with E-state index in [2.05, 4.69) is 40.9 Å². The fourth-order valence-electron chi connectivity index (χ4n) is 1.65. The van der Waals surface area contributed by atoms with Crippen LogP contribution in [0, 0.1) is 11.8 Å². The Bertz CT molecular complexity index is 194. The van der Waals surface area contributed by atoms with Crippen molar-refractivity contribution in [1.82, 2.24) is 4.90 Å². The van der Waals surface area contributed by atoms with E-state index in [4.69, 9.17) is 0 Å². The van der Waals surface area contributed by atoms with Gasteiger partial charge in [0.1, 0.15) is 0 Å². The first-order valence-electron chi connectivity index (χ1n) is 5.08. The molecule has 1 nitrogen and oxygen atoms in total. The van der Waals surface area contributed by atoms with Crippen molar-refractivity contribution in [2.45, 2.75) is 26.7 Å². The number of hydrogen-bond acceptors (Lipinski definition) is 1. The summed E-state index contributed by atoms with van der Waals surface area (Å²) in [6.07, 6.45) is 4.73. The monoisotopic (exact) mass is 245 g/mol. The van der Waals surface area contributed by atoms with Crippen molar-refractivity contribution in [3.05, 3.63) is 12.7 Å². The van der Waals surface area contributed by atoms with E-state index in [9.17, 15) is 0 Å². The van der Waals surface area contributed by atoms with Crippen LogP contribution in [0.25, 0.3) is 0 Å². The molecule has 74 valence electrons. The predicted octanol–water partition coefficient (Wildman–Crippen LogP) is 1.84. The van der Waals surface area contributed by atoms with Crippen LogP contribution in [-0.2, 0) is 0 Å². The Hall–Kier alpha value is -0.0705. The normalized spacial score (nSPS) is 21.2. The average Bonchev–Trinajstić information content (AvgIpc) is 2.67. The van der Waals surface area contributed by atoms with Gasteiger partial charge >= 0.3 is 89.3 Å². The van der Waals surface area contributed by atoms with Crippen molar-refractivity contribution in [2.24, 2.45) is 11.8 Å². The van der Waals surface area contributed by atoms with Crippen LogP contribution in [0.2, 0.25) is 0 Å². The quantitative estimate of drug-likeness (QED) is 0.539. The summed E-state index contributed by atoms with van der Waals surface area (Å²) in [5.74, 6) is 1.16. The molecular formula is C11H19NSe. The van der Waals surface area contributed by atoms with Gasteiger partial charge in [0, 0.05) is 0 Å². The van der Waals surface area contributed by atoms with E-state index >= 15 is 0 Å². The molecule has 0 aliphatic carbocycles. The predicted molar refractivity (Wildman–Crippen MR) is 60.1 cm³/mol. The van der Waals surface area contributed by atoms with Crippen LogP contribution >= 0.6 is 0 Å². The number of hydrogen-bond donors (Lipinski definition) is 0. The number of allylic oxidation sites excluding steroid dienone is 1. The second-order valence-electron chi connectivity index (χ2n) is 3.92. The molecule has 1 fully saturated rings. The van der Waals surface area contributed by atoms with Gasteiger partial charge in [-0.3, -0.25) is 0 Å². The average molecular weight is 244 g/mol. The molecule has 0 bridgehead atoms. The molecule has 0 amide bonds. The Labute approximate surface area is 89.6 Å². The molecule has 0 aromatic heterocycles. The van der Waals surface area contributed by atoms with E-state index in [1.807, 2.05) is 6.08 Å². The topological polar surface area (TPSA) is 3.24 Å². The molecule has 1 heterocycles. The zero-order valence-corrected chi connectivity index (χ0v) is 10.3. The van der Waals surface area contributed by atoms with E-state index in [1.165, 1.54) is 30.5 Å². The molecule has 2 atom stereocenters. The van der Waals surface area contributed by atoms with Gasteiger partial charge in [-0.1, -0.05) is 0 Å². The first kappa shape index (κ1) is 11.0. The summed E-state index contributed by atoms with van der Waals surface area (Å²) in [6, 6.07) is 0. The third kappa shape index (κ3) is 2.69. The van der Waals surface area contributed by atoms with Gasteiger partial charge in [0.05, 0.1) is 0 Å². The SMILES string of the molecule is C=C[C@H](C)[C@H](C)C(=[Se])N1CCCC1.